The van der Waals surface area contributed by atoms with Gasteiger partial charge < -0.3 is 5.32 Å². The van der Waals surface area contributed by atoms with Gasteiger partial charge in [-0.3, -0.25) is 0 Å². The molecule has 0 spiro atoms. The summed E-state index contributed by atoms with van der Waals surface area (Å²) in [5.74, 6) is 0. The van der Waals surface area contributed by atoms with Gasteiger partial charge in [0.2, 0.25) is 10.0 Å². The Balaban J connectivity index is 2.38. The fraction of sp³-hybridized carbons (Fsp3) is 1.00. The molecule has 0 saturated heterocycles. The van der Waals surface area contributed by atoms with E-state index in [9.17, 15) is 8.42 Å². The quantitative estimate of drug-likeness (QED) is 0.752. The van der Waals surface area contributed by atoms with E-state index in [1.165, 1.54) is 12.7 Å². The highest BCUT2D eigenvalue weighted by Crippen LogP contribution is 2.45. The number of nitrogens with one attached hydrogen (secondary N) is 2. The van der Waals surface area contributed by atoms with Gasteiger partial charge in [0.15, 0.2) is 0 Å². The predicted octanol–water partition coefficient (Wildman–Crippen LogP) is 1.73. The number of sulfonamides is 1. The van der Waals surface area contributed by atoms with Gasteiger partial charge in [0.05, 0.1) is 6.26 Å². The van der Waals surface area contributed by atoms with Crippen LogP contribution in [0.1, 0.15) is 47.0 Å². The number of rotatable bonds is 5. The van der Waals surface area contributed by atoms with Crippen molar-refractivity contribution in [1.82, 2.24) is 10.0 Å². The summed E-state index contributed by atoms with van der Waals surface area (Å²) in [4.78, 5) is 0. The summed E-state index contributed by atoms with van der Waals surface area (Å²) in [7, 11) is -3.06. The molecule has 0 aliphatic heterocycles. The second-order valence-electron chi connectivity index (χ2n) is 7.23. The van der Waals surface area contributed by atoms with Crippen molar-refractivity contribution in [3.8, 4) is 0 Å². The molecule has 0 aromatic heterocycles. The van der Waals surface area contributed by atoms with Gasteiger partial charge in [0.25, 0.3) is 0 Å². The lowest BCUT2D eigenvalue weighted by molar-refractivity contribution is 0.0855. The van der Waals surface area contributed by atoms with Gasteiger partial charge in [0, 0.05) is 19.1 Å². The molecule has 1 saturated carbocycles. The minimum atomic E-state index is -3.06. The SMILES string of the molecule is CC1(C)CC(NCCNS(C)(=O)=O)CC(C)(C)C1. The van der Waals surface area contributed by atoms with Crippen molar-refractivity contribution in [2.24, 2.45) is 10.8 Å². The minimum absolute atomic E-state index is 0.365. The Hall–Kier alpha value is -0.130. The second kappa shape index (κ2) is 5.47. The monoisotopic (exact) mass is 276 g/mol. The van der Waals surface area contributed by atoms with Crippen LogP contribution in [0.4, 0.5) is 0 Å². The molecular weight excluding hydrogens is 248 g/mol. The first-order chi connectivity index (χ1) is 7.99. The Kier molecular flexibility index (Phi) is 4.84. The zero-order chi connectivity index (χ0) is 14.0. The molecule has 0 bridgehead atoms. The van der Waals surface area contributed by atoms with Crippen molar-refractivity contribution in [3.05, 3.63) is 0 Å². The molecular formula is C13H28N2O2S. The largest absolute Gasteiger partial charge is 0.313 e. The summed E-state index contributed by atoms with van der Waals surface area (Å²) >= 11 is 0. The van der Waals surface area contributed by atoms with E-state index >= 15 is 0 Å². The Morgan fingerprint density at radius 1 is 1.06 bits per heavy atom. The molecule has 0 unspecified atom stereocenters. The molecule has 1 fully saturated rings. The fourth-order valence-corrected chi connectivity index (χ4v) is 3.98. The van der Waals surface area contributed by atoms with E-state index in [-0.39, 0.29) is 0 Å². The van der Waals surface area contributed by atoms with E-state index in [1.54, 1.807) is 0 Å². The highest BCUT2D eigenvalue weighted by Gasteiger charge is 2.37. The molecule has 5 heteroatoms. The maximum absolute atomic E-state index is 10.9. The zero-order valence-corrected chi connectivity index (χ0v) is 13.2. The standard InChI is InChI=1S/C13H28N2O2S/c1-12(2)8-11(9-13(3,4)10-12)14-6-7-15-18(5,16)17/h11,14-15H,6-10H2,1-5H3. The van der Waals surface area contributed by atoms with Crippen LogP contribution in [0.15, 0.2) is 0 Å². The van der Waals surface area contributed by atoms with Gasteiger partial charge in [0.1, 0.15) is 0 Å². The maximum atomic E-state index is 10.9. The molecule has 0 aromatic rings. The van der Waals surface area contributed by atoms with Gasteiger partial charge in [-0.05, 0) is 30.1 Å². The fourth-order valence-electron chi connectivity index (χ4n) is 3.50. The summed E-state index contributed by atoms with van der Waals surface area (Å²) in [6, 6.07) is 0.491. The van der Waals surface area contributed by atoms with Gasteiger partial charge in [-0.25, -0.2) is 13.1 Å². The van der Waals surface area contributed by atoms with Crippen LogP contribution in [0.25, 0.3) is 0 Å². The van der Waals surface area contributed by atoms with E-state index in [0.717, 1.165) is 12.8 Å². The second-order valence-corrected chi connectivity index (χ2v) is 9.06. The van der Waals surface area contributed by atoms with Gasteiger partial charge in [-0.1, -0.05) is 27.7 Å². The summed E-state index contributed by atoms with van der Waals surface area (Å²) in [5.41, 5.74) is 0.730. The van der Waals surface area contributed by atoms with Crippen LogP contribution in [0.3, 0.4) is 0 Å². The molecule has 0 atom stereocenters. The van der Waals surface area contributed by atoms with Crippen LogP contribution in [-0.4, -0.2) is 33.8 Å². The molecule has 4 nitrogen and oxygen atoms in total. The maximum Gasteiger partial charge on any atom is 0.208 e. The lowest BCUT2D eigenvalue weighted by atomic mass is 9.63. The smallest absolute Gasteiger partial charge is 0.208 e. The Bertz CT molecular complexity index is 358. The van der Waals surface area contributed by atoms with E-state index in [0.29, 0.717) is 30.0 Å². The first-order valence-corrected chi connectivity index (χ1v) is 8.56. The van der Waals surface area contributed by atoms with Crippen molar-refractivity contribution >= 4 is 10.0 Å². The molecule has 0 heterocycles. The van der Waals surface area contributed by atoms with Crippen LogP contribution >= 0.6 is 0 Å². The lowest BCUT2D eigenvalue weighted by Gasteiger charge is -2.45. The Morgan fingerprint density at radius 3 is 2.00 bits per heavy atom. The molecule has 0 aromatic carbocycles. The third kappa shape index (κ3) is 6.16. The average molecular weight is 276 g/mol. The minimum Gasteiger partial charge on any atom is -0.313 e. The van der Waals surface area contributed by atoms with Crippen molar-refractivity contribution in [2.75, 3.05) is 19.3 Å². The summed E-state index contributed by atoms with van der Waals surface area (Å²) < 4.78 is 24.4. The predicted molar refractivity (Wildman–Crippen MR) is 76.1 cm³/mol. The normalized spacial score (nSPS) is 24.1. The third-order valence-electron chi connectivity index (χ3n) is 3.48. The lowest BCUT2D eigenvalue weighted by Crippen LogP contribution is -2.45. The van der Waals surface area contributed by atoms with Crippen LogP contribution in [0.2, 0.25) is 0 Å². The summed E-state index contributed by atoms with van der Waals surface area (Å²) in [5, 5.41) is 3.48. The Morgan fingerprint density at radius 2 is 1.56 bits per heavy atom. The van der Waals surface area contributed by atoms with E-state index in [1.807, 2.05) is 0 Å². The van der Waals surface area contributed by atoms with Crippen molar-refractivity contribution in [1.29, 1.82) is 0 Å². The van der Waals surface area contributed by atoms with Crippen molar-refractivity contribution in [3.63, 3.8) is 0 Å². The molecule has 0 amide bonds. The molecule has 108 valence electrons. The van der Waals surface area contributed by atoms with Crippen LogP contribution in [0, 0.1) is 10.8 Å². The number of hydrogen-bond acceptors (Lipinski definition) is 3. The third-order valence-corrected chi connectivity index (χ3v) is 4.21. The van der Waals surface area contributed by atoms with Crippen LogP contribution < -0.4 is 10.0 Å². The first-order valence-electron chi connectivity index (χ1n) is 6.67. The molecule has 18 heavy (non-hydrogen) atoms. The molecule has 1 aliphatic carbocycles. The van der Waals surface area contributed by atoms with E-state index < -0.39 is 10.0 Å². The topological polar surface area (TPSA) is 58.2 Å². The first kappa shape index (κ1) is 15.9. The van der Waals surface area contributed by atoms with Crippen LogP contribution in [-0.2, 0) is 10.0 Å². The molecule has 0 radical (unpaired) electrons. The van der Waals surface area contributed by atoms with Crippen molar-refractivity contribution in [2.45, 2.75) is 53.0 Å². The van der Waals surface area contributed by atoms with E-state index in [2.05, 4.69) is 37.7 Å². The number of hydrogen-bond donors (Lipinski definition) is 2. The molecule has 1 rings (SSSR count). The van der Waals surface area contributed by atoms with Gasteiger partial charge in [-0.2, -0.15) is 0 Å². The molecule has 2 N–H and O–H groups in total. The van der Waals surface area contributed by atoms with Gasteiger partial charge >= 0.3 is 0 Å². The van der Waals surface area contributed by atoms with Gasteiger partial charge in [-0.15, -0.1) is 0 Å². The van der Waals surface area contributed by atoms with E-state index in [4.69, 9.17) is 0 Å². The summed E-state index contributed by atoms with van der Waals surface area (Å²) in [6.07, 6.45) is 4.77. The highest BCUT2D eigenvalue weighted by molar-refractivity contribution is 7.88. The summed E-state index contributed by atoms with van der Waals surface area (Å²) in [6.45, 7) is 10.4. The van der Waals surface area contributed by atoms with Crippen molar-refractivity contribution < 1.29 is 8.42 Å². The van der Waals surface area contributed by atoms with Crippen LogP contribution in [0.5, 0.6) is 0 Å². The Labute approximate surface area is 112 Å². The highest BCUT2D eigenvalue weighted by atomic mass is 32.2. The average Bonchev–Trinajstić information content (AvgIpc) is 2.05. The molecule has 1 aliphatic rings. The zero-order valence-electron chi connectivity index (χ0n) is 12.3.